The van der Waals surface area contributed by atoms with E-state index >= 15 is 0 Å². The Morgan fingerprint density at radius 2 is 1.90 bits per heavy atom. The van der Waals surface area contributed by atoms with Gasteiger partial charge in [-0.2, -0.15) is 5.26 Å². The number of hydrogen-bond acceptors (Lipinski definition) is 4. The number of nitriles is 1. The van der Waals surface area contributed by atoms with Crippen molar-refractivity contribution in [1.82, 2.24) is 9.62 Å². The first kappa shape index (κ1) is 16.0. The van der Waals surface area contributed by atoms with Crippen LogP contribution >= 0.6 is 0 Å². The Morgan fingerprint density at radius 3 is 2.43 bits per heavy atom. The number of sulfonamides is 1. The maximum Gasteiger partial charge on any atom is 0.240 e. The lowest BCUT2D eigenvalue weighted by Crippen LogP contribution is -2.44. The molecule has 5 nitrogen and oxygen atoms in total. The molecule has 0 radical (unpaired) electrons. The van der Waals surface area contributed by atoms with E-state index in [1.54, 1.807) is 0 Å². The largest absolute Gasteiger partial charge is 0.303 e. The molecule has 1 saturated heterocycles. The molecule has 0 spiro atoms. The van der Waals surface area contributed by atoms with Crippen LogP contribution in [0.1, 0.15) is 31.7 Å². The van der Waals surface area contributed by atoms with Gasteiger partial charge in [0.25, 0.3) is 0 Å². The number of nitrogens with zero attached hydrogens (tertiary/aromatic N) is 2. The summed E-state index contributed by atoms with van der Waals surface area (Å²) in [5, 5.41) is 8.74. The second-order valence-corrected chi connectivity index (χ2v) is 7.09. The molecule has 1 heterocycles. The van der Waals surface area contributed by atoms with E-state index in [4.69, 9.17) is 5.26 Å². The molecule has 0 saturated carbocycles. The Bertz CT molecular complexity index is 597. The fraction of sp³-hybridized carbons (Fsp3) is 0.533. The highest BCUT2D eigenvalue weighted by Crippen LogP contribution is 2.15. The van der Waals surface area contributed by atoms with Crippen LogP contribution in [0.15, 0.2) is 29.2 Å². The van der Waals surface area contributed by atoms with Gasteiger partial charge in [-0.05, 0) is 63.2 Å². The lowest BCUT2D eigenvalue weighted by Gasteiger charge is -2.31. The number of likely N-dealkylation sites (tertiary alicyclic amines) is 1. The monoisotopic (exact) mass is 307 g/mol. The van der Waals surface area contributed by atoms with Crippen LogP contribution in [0, 0.1) is 11.3 Å². The van der Waals surface area contributed by atoms with Crippen LogP contribution in [0.4, 0.5) is 0 Å². The molecule has 6 heteroatoms. The Morgan fingerprint density at radius 1 is 1.29 bits per heavy atom. The molecule has 21 heavy (non-hydrogen) atoms. The molecule has 1 aliphatic rings. The number of hydrogen-bond donors (Lipinski definition) is 1. The Balaban J connectivity index is 1.97. The first-order valence-electron chi connectivity index (χ1n) is 7.30. The van der Waals surface area contributed by atoms with E-state index in [2.05, 4.69) is 16.5 Å². The van der Waals surface area contributed by atoms with Gasteiger partial charge in [0.1, 0.15) is 0 Å². The zero-order valence-electron chi connectivity index (χ0n) is 12.2. The van der Waals surface area contributed by atoms with Crippen LogP contribution in [0.3, 0.4) is 0 Å². The third kappa shape index (κ3) is 4.27. The summed E-state index contributed by atoms with van der Waals surface area (Å²) in [5.74, 6) is 0. The van der Waals surface area contributed by atoms with Crippen LogP contribution in [0.5, 0.6) is 0 Å². The average Bonchev–Trinajstić information content (AvgIpc) is 2.49. The van der Waals surface area contributed by atoms with Crippen LogP contribution in [-0.2, 0) is 10.0 Å². The van der Waals surface area contributed by atoms with E-state index in [9.17, 15) is 8.42 Å². The van der Waals surface area contributed by atoms with Crippen molar-refractivity contribution >= 4 is 10.0 Å². The minimum absolute atomic E-state index is 0.00116. The molecule has 1 fully saturated rings. The van der Waals surface area contributed by atoms with Crippen LogP contribution in [0.25, 0.3) is 0 Å². The third-order valence-electron chi connectivity index (χ3n) is 3.74. The molecule has 2 rings (SSSR count). The Hall–Kier alpha value is -1.42. The van der Waals surface area contributed by atoms with E-state index < -0.39 is 10.0 Å². The number of benzene rings is 1. The Kier molecular flexibility index (Phi) is 5.34. The van der Waals surface area contributed by atoms with Gasteiger partial charge in [-0.15, -0.1) is 0 Å². The summed E-state index contributed by atoms with van der Waals surface area (Å²) in [6, 6.07) is 7.99. The molecule has 0 atom stereocenters. The van der Waals surface area contributed by atoms with Gasteiger partial charge in [-0.1, -0.05) is 6.92 Å². The highest BCUT2D eigenvalue weighted by molar-refractivity contribution is 7.89. The lowest BCUT2D eigenvalue weighted by molar-refractivity contribution is 0.208. The first-order chi connectivity index (χ1) is 10.0. The smallest absolute Gasteiger partial charge is 0.240 e. The fourth-order valence-corrected chi connectivity index (χ4v) is 3.89. The van der Waals surface area contributed by atoms with Crippen LogP contribution < -0.4 is 4.72 Å². The zero-order valence-corrected chi connectivity index (χ0v) is 13.1. The van der Waals surface area contributed by atoms with Crippen molar-refractivity contribution in [2.24, 2.45) is 0 Å². The van der Waals surface area contributed by atoms with Gasteiger partial charge in [0.2, 0.25) is 10.0 Å². The van der Waals surface area contributed by atoms with E-state index in [-0.39, 0.29) is 10.9 Å². The molecule has 114 valence electrons. The molecule has 1 N–H and O–H groups in total. The number of piperidine rings is 1. The third-order valence-corrected chi connectivity index (χ3v) is 5.28. The predicted molar refractivity (Wildman–Crippen MR) is 81.2 cm³/mol. The van der Waals surface area contributed by atoms with Crippen molar-refractivity contribution in [3.8, 4) is 6.07 Å². The molecule has 0 aromatic heterocycles. The van der Waals surface area contributed by atoms with E-state index in [0.717, 1.165) is 38.9 Å². The summed E-state index contributed by atoms with van der Waals surface area (Å²) in [7, 11) is -3.49. The predicted octanol–water partition coefficient (Wildman–Crippen LogP) is 1.71. The van der Waals surface area contributed by atoms with E-state index in [1.807, 2.05) is 6.07 Å². The van der Waals surface area contributed by atoms with Gasteiger partial charge in [0.15, 0.2) is 0 Å². The van der Waals surface area contributed by atoms with Gasteiger partial charge in [-0.25, -0.2) is 13.1 Å². The first-order valence-corrected chi connectivity index (χ1v) is 8.78. The molecule has 0 bridgehead atoms. The maximum absolute atomic E-state index is 12.3. The molecular weight excluding hydrogens is 286 g/mol. The second kappa shape index (κ2) is 7.03. The standard InChI is InChI=1S/C15H21N3O2S/c1-2-9-18-10-7-14(8-11-18)17-21(19,20)15-5-3-13(12-16)4-6-15/h3-6,14,17H,2,7-11H2,1H3. The van der Waals surface area contributed by atoms with Crippen molar-refractivity contribution in [2.75, 3.05) is 19.6 Å². The summed E-state index contributed by atoms with van der Waals surface area (Å²) in [5.41, 5.74) is 0.460. The minimum atomic E-state index is -3.49. The summed E-state index contributed by atoms with van der Waals surface area (Å²) in [4.78, 5) is 2.59. The molecule has 0 aliphatic carbocycles. The number of rotatable bonds is 5. The zero-order chi connectivity index (χ0) is 15.3. The van der Waals surface area contributed by atoms with Gasteiger partial charge in [0, 0.05) is 6.04 Å². The lowest BCUT2D eigenvalue weighted by atomic mass is 10.1. The molecule has 1 aliphatic heterocycles. The van der Waals surface area contributed by atoms with Gasteiger partial charge in [0.05, 0.1) is 16.5 Å². The number of nitrogens with one attached hydrogen (secondary N) is 1. The quantitative estimate of drug-likeness (QED) is 0.899. The van der Waals surface area contributed by atoms with Crippen molar-refractivity contribution in [3.63, 3.8) is 0 Å². The molecule has 1 aromatic rings. The molecular formula is C15H21N3O2S. The fourth-order valence-electron chi connectivity index (χ4n) is 2.59. The molecule has 0 unspecified atom stereocenters. The van der Waals surface area contributed by atoms with E-state index in [1.165, 1.54) is 24.3 Å². The van der Waals surface area contributed by atoms with Crippen molar-refractivity contribution in [1.29, 1.82) is 5.26 Å². The van der Waals surface area contributed by atoms with Gasteiger partial charge in [-0.3, -0.25) is 0 Å². The summed E-state index contributed by atoms with van der Waals surface area (Å²) < 4.78 is 27.4. The Labute approximate surface area is 126 Å². The second-order valence-electron chi connectivity index (χ2n) is 5.37. The normalized spacial score (nSPS) is 17.5. The van der Waals surface area contributed by atoms with Crippen molar-refractivity contribution < 1.29 is 8.42 Å². The summed E-state index contributed by atoms with van der Waals surface area (Å²) in [6.45, 7) is 5.11. The SMILES string of the molecule is CCCN1CCC(NS(=O)(=O)c2ccc(C#N)cc2)CC1. The molecule has 0 amide bonds. The van der Waals surface area contributed by atoms with Gasteiger partial charge >= 0.3 is 0 Å². The highest BCUT2D eigenvalue weighted by Gasteiger charge is 2.24. The summed E-state index contributed by atoms with van der Waals surface area (Å²) in [6.07, 6.45) is 2.81. The van der Waals surface area contributed by atoms with Crippen LogP contribution in [-0.4, -0.2) is 39.0 Å². The topological polar surface area (TPSA) is 73.2 Å². The van der Waals surface area contributed by atoms with Crippen LogP contribution in [0.2, 0.25) is 0 Å². The maximum atomic E-state index is 12.3. The average molecular weight is 307 g/mol. The van der Waals surface area contributed by atoms with Crippen molar-refractivity contribution in [3.05, 3.63) is 29.8 Å². The minimum Gasteiger partial charge on any atom is -0.303 e. The van der Waals surface area contributed by atoms with E-state index in [0.29, 0.717) is 5.56 Å². The summed E-state index contributed by atoms with van der Waals surface area (Å²) >= 11 is 0. The molecule has 1 aromatic carbocycles. The highest BCUT2D eigenvalue weighted by atomic mass is 32.2. The van der Waals surface area contributed by atoms with Crippen molar-refractivity contribution in [2.45, 2.75) is 37.1 Å². The van der Waals surface area contributed by atoms with Gasteiger partial charge < -0.3 is 4.90 Å².